The third-order valence-corrected chi connectivity index (χ3v) is 13.1. The number of carboxylic acid groups (broad SMARTS) is 1. The molecule has 388 valence electrons. The molecule has 0 fully saturated rings. The Morgan fingerprint density at radius 3 is 1.17 bits per heavy atom. The number of likely N-dealkylation sites (N-methyl/N-ethyl adjacent to an activating group) is 1. The normalized spacial score (nSPS) is 12.9. The summed E-state index contributed by atoms with van der Waals surface area (Å²) in [6, 6.07) is -0.724. The van der Waals surface area contributed by atoms with Crippen LogP contribution in [-0.4, -0.2) is 75.5 Å². The van der Waals surface area contributed by atoms with E-state index in [1.165, 1.54) is 199 Å². The Labute approximate surface area is 409 Å². The molecule has 0 aliphatic rings. The molecule has 0 N–H and O–H groups in total. The topological polar surface area (TPSA) is 102 Å². The molecule has 0 amide bonds. The van der Waals surface area contributed by atoms with Crippen LogP contribution in [0.25, 0.3) is 0 Å². The fraction of sp³-hybridized carbons (Fsp3) is 0.879. The maximum Gasteiger partial charge on any atom is 0.306 e. The summed E-state index contributed by atoms with van der Waals surface area (Å²) in [6.45, 7) is 4.71. The molecular formula is C58H109NO7. The van der Waals surface area contributed by atoms with E-state index in [0.717, 1.165) is 44.9 Å². The van der Waals surface area contributed by atoms with Crippen LogP contribution in [-0.2, 0) is 28.6 Å². The predicted molar refractivity (Wildman–Crippen MR) is 277 cm³/mol. The first-order chi connectivity index (χ1) is 32.1. The van der Waals surface area contributed by atoms with Gasteiger partial charge in [-0.3, -0.25) is 9.59 Å². The molecule has 0 heterocycles. The summed E-state index contributed by atoms with van der Waals surface area (Å²) in [7, 11) is 5.43. The molecule has 0 spiro atoms. The Balaban J connectivity index is 4.15. The molecule has 0 aromatic rings. The lowest BCUT2D eigenvalue weighted by Crippen LogP contribution is -2.55. The zero-order valence-electron chi connectivity index (χ0n) is 44.4. The number of quaternary nitrogens is 1. The first-order valence-electron chi connectivity index (χ1n) is 28.4. The molecule has 66 heavy (non-hydrogen) atoms. The minimum atomic E-state index is -1.12. The van der Waals surface area contributed by atoms with Crippen LogP contribution < -0.4 is 5.11 Å². The zero-order valence-corrected chi connectivity index (χ0v) is 44.4. The SMILES string of the molecule is CCCCCCC/C=C\C/C=C\CCCCCCCCCCCCCC(=O)OC(COCCC(C(=O)[O-])[N+](C)(C)C)COC(=O)CCCCCCCCCCCCCCCCCCCCC. The molecule has 2 unspecified atom stereocenters. The van der Waals surface area contributed by atoms with E-state index < -0.39 is 18.1 Å². The van der Waals surface area contributed by atoms with Gasteiger partial charge in [0.25, 0.3) is 0 Å². The van der Waals surface area contributed by atoms with Crippen LogP contribution in [0.15, 0.2) is 24.3 Å². The molecule has 8 heteroatoms. The second-order valence-corrected chi connectivity index (χ2v) is 20.5. The van der Waals surface area contributed by atoms with E-state index in [4.69, 9.17) is 14.2 Å². The zero-order chi connectivity index (χ0) is 48.4. The molecular weight excluding hydrogens is 823 g/mol. The van der Waals surface area contributed by atoms with Gasteiger partial charge in [0.05, 0.1) is 40.3 Å². The third kappa shape index (κ3) is 46.9. The first-order valence-corrected chi connectivity index (χ1v) is 28.4. The number of esters is 2. The van der Waals surface area contributed by atoms with Crippen molar-refractivity contribution in [2.24, 2.45) is 0 Å². The average Bonchev–Trinajstić information content (AvgIpc) is 3.28. The van der Waals surface area contributed by atoms with E-state index in [0.29, 0.717) is 12.8 Å². The van der Waals surface area contributed by atoms with Gasteiger partial charge in [0.1, 0.15) is 12.6 Å². The van der Waals surface area contributed by atoms with E-state index in [-0.39, 0.29) is 42.7 Å². The lowest BCUT2D eigenvalue weighted by Gasteiger charge is -2.34. The molecule has 0 radical (unpaired) electrons. The van der Waals surface area contributed by atoms with Crippen molar-refractivity contribution in [3.63, 3.8) is 0 Å². The van der Waals surface area contributed by atoms with Gasteiger partial charge in [0.2, 0.25) is 0 Å². The summed E-state index contributed by atoms with van der Waals surface area (Å²) in [5, 5.41) is 11.7. The number of allylic oxidation sites excluding steroid dienone is 4. The van der Waals surface area contributed by atoms with Crippen LogP contribution in [0.3, 0.4) is 0 Å². The molecule has 0 bridgehead atoms. The van der Waals surface area contributed by atoms with Gasteiger partial charge >= 0.3 is 11.9 Å². The van der Waals surface area contributed by atoms with Crippen LogP contribution in [0.4, 0.5) is 0 Å². The van der Waals surface area contributed by atoms with Crippen molar-refractivity contribution in [2.45, 2.75) is 289 Å². The average molecular weight is 933 g/mol. The monoisotopic (exact) mass is 932 g/mol. The van der Waals surface area contributed by atoms with Crippen LogP contribution in [0, 0.1) is 0 Å². The van der Waals surface area contributed by atoms with Crippen molar-refractivity contribution in [1.29, 1.82) is 0 Å². The molecule has 2 atom stereocenters. The van der Waals surface area contributed by atoms with Gasteiger partial charge in [0, 0.05) is 19.3 Å². The fourth-order valence-electron chi connectivity index (χ4n) is 8.69. The van der Waals surface area contributed by atoms with Gasteiger partial charge in [0.15, 0.2) is 6.10 Å². The summed E-state index contributed by atoms with van der Waals surface area (Å²) < 4.78 is 17.3. The van der Waals surface area contributed by atoms with Crippen molar-refractivity contribution in [1.82, 2.24) is 0 Å². The Kier molecular flexibility index (Phi) is 47.6. The number of hydrogen-bond acceptors (Lipinski definition) is 7. The summed E-state index contributed by atoms with van der Waals surface area (Å²) >= 11 is 0. The smallest absolute Gasteiger partial charge is 0.306 e. The molecule has 0 rings (SSSR count). The Morgan fingerprint density at radius 1 is 0.455 bits per heavy atom. The lowest BCUT2D eigenvalue weighted by molar-refractivity contribution is -0.889. The van der Waals surface area contributed by atoms with E-state index in [9.17, 15) is 19.5 Å². The number of ether oxygens (including phenoxy) is 3. The van der Waals surface area contributed by atoms with Crippen LogP contribution in [0.2, 0.25) is 0 Å². The maximum atomic E-state index is 12.8. The second-order valence-electron chi connectivity index (χ2n) is 20.5. The highest BCUT2D eigenvalue weighted by Crippen LogP contribution is 2.17. The Morgan fingerprint density at radius 2 is 0.803 bits per heavy atom. The Hall–Kier alpha value is -2.19. The van der Waals surface area contributed by atoms with E-state index in [1.54, 1.807) is 0 Å². The number of aliphatic carboxylic acids is 1. The van der Waals surface area contributed by atoms with Gasteiger partial charge in [-0.15, -0.1) is 0 Å². The number of carboxylic acids is 1. The molecule has 0 saturated carbocycles. The quantitative estimate of drug-likeness (QED) is 0.0259. The number of carbonyl (C=O) groups is 3. The minimum Gasteiger partial charge on any atom is -0.544 e. The number of hydrogen-bond donors (Lipinski definition) is 0. The standard InChI is InChI=1S/C58H109NO7/c1-6-8-10-12-14-16-18-20-22-24-26-27-28-29-31-33-35-37-39-41-43-45-47-49-57(61)66-54(52-64-51-50-55(58(62)63)59(3,4)5)53-65-56(60)48-46-44-42-40-38-36-34-32-30-25-23-21-19-17-15-13-11-9-7-2/h18,20,24,26,54-55H,6-17,19,21-23,25,27-53H2,1-5H3/b20-18-,26-24-. The minimum absolute atomic E-state index is 0.0451. The van der Waals surface area contributed by atoms with Crippen molar-refractivity contribution in [3.8, 4) is 0 Å². The van der Waals surface area contributed by atoms with Crippen molar-refractivity contribution in [3.05, 3.63) is 24.3 Å². The summed E-state index contributed by atoms with van der Waals surface area (Å²) in [5.74, 6) is -1.71. The third-order valence-electron chi connectivity index (χ3n) is 13.1. The molecule has 0 aliphatic carbocycles. The summed E-state index contributed by atoms with van der Waals surface area (Å²) in [6.07, 6.45) is 57.8. The van der Waals surface area contributed by atoms with Crippen LogP contribution in [0.5, 0.6) is 0 Å². The first kappa shape index (κ1) is 63.8. The van der Waals surface area contributed by atoms with Crippen LogP contribution in [0.1, 0.15) is 277 Å². The van der Waals surface area contributed by atoms with E-state index >= 15 is 0 Å². The molecule has 0 aliphatic heterocycles. The number of carbonyl (C=O) groups excluding carboxylic acids is 3. The Bertz CT molecular complexity index is 1130. The molecule has 0 saturated heterocycles. The number of unbranched alkanes of at least 4 members (excludes halogenated alkanes) is 34. The lowest BCUT2D eigenvalue weighted by atomic mass is 10.0. The fourth-order valence-corrected chi connectivity index (χ4v) is 8.69. The van der Waals surface area contributed by atoms with Gasteiger partial charge in [-0.2, -0.15) is 0 Å². The molecule has 0 aromatic heterocycles. The van der Waals surface area contributed by atoms with Gasteiger partial charge < -0.3 is 28.6 Å². The highest BCUT2D eigenvalue weighted by Gasteiger charge is 2.25. The maximum absolute atomic E-state index is 12.8. The van der Waals surface area contributed by atoms with Crippen LogP contribution >= 0.6 is 0 Å². The highest BCUT2D eigenvalue weighted by molar-refractivity contribution is 5.70. The van der Waals surface area contributed by atoms with Gasteiger partial charge in [-0.25, -0.2) is 0 Å². The summed E-state index contributed by atoms with van der Waals surface area (Å²) in [4.78, 5) is 37.1. The second kappa shape index (κ2) is 49.2. The highest BCUT2D eigenvalue weighted by atomic mass is 16.6. The molecule has 0 aromatic carbocycles. The van der Waals surface area contributed by atoms with E-state index in [2.05, 4.69) is 38.2 Å². The largest absolute Gasteiger partial charge is 0.544 e. The molecule has 8 nitrogen and oxygen atoms in total. The van der Waals surface area contributed by atoms with Crippen molar-refractivity contribution >= 4 is 17.9 Å². The summed E-state index contributed by atoms with van der Waals surface area (Å²) in [5.41, 5.74) is 0. The van der Waals surface area contributed by atoms with Gasteiger partial charge in [-0.05, 0) is 44.9 Å². The number of rotatable bonds is 52. The number of nitrogens with zero attached hydrogens (tertiary/aromatic N) is 1. The van der Waals surface area contributed by atoms with Crippen molar-refractivity contribution < 1.29 is 38.2 Å². The van der Waals surface area contributed by atoms with Crippen molar-refractivity contribution in [2.75, 3.05) is 41.0 Å². The van der Waals surface area contributed by atoms with E-state index in [1.807, 2.05) is 21.1 Å². The van der Waals surface area contributed by atoms with Gasteiger partial charge in [-0.1, -0.05) is 237 Å². The predicted octanol–water partition coefficient (Wildman–Crippen LogP) is 15.4.